The van der Waals surface area contributed by atoms with Gasteiger partial charge in [-0.25, -0.2) is 9.97 Å². The van der Waals surface area contributed by atoms with E-state index >= 15 is 0 Å². The van der Waals surface area contributed by atoms with Crippen molar-refractivity contribution >= 4 is 64.8 Å². The summed E-state index contributed by atoms with van der Waals surface area (Å²) in [4.78, 5) is 17.6. The quantitative estimate of drug-likeness (QED) is 0.265. The first-order chi connectivity index (χ1) is 13.2. The molecular formula is C18H24Cl2IN7. The molecule has 0 amide bonds. The smallest absolute Gasteiger partial charge is 0.193 e. The highest BCUT2D eigenvalue weighted by molar-refractivity contribution is 14.0. The lowest BCUT2D eigenvalue weighted by atomic mass is 10.3. The topological polar surface area (TPSA) is 68.7 Å². The maximum atomic E-state index is 6.11. The molecule has 0 aromatic carbocycles. The molecule has 2 aromatic heterocycles. The van der Waals surface area contributed by atoms with Crippen LogP contribution in [0.25, 0.3) is 0 Å². The van der Waals surface area contributed by atoms with Crippen LogP contribution in [0.2, 0.25) is 10.0 Å². The van der Waals surface area contributed by atoms with Gasteiger partial charge in [0.2, 0.25) is 0 Å². The first-order valence-corrected chi connectivity index (χ1v) is 9.59. The van der Waals surface area contributed by atoms with Crippen LogP contribution in [0.4, 0.5) is 11.6 Å². The average Bonchev–Trinajstić information content (AvgIpc) is 2.70. The summed E-state index contributed by atoms with van der Waals surface area (Å²) in [6.07, 6.45) is 3.40. The van der Waals surface area contributed by atoms with Gasteiger partial charge in [-0.05, 0) is 18.2 Å². The predicted octanol–water partition coefficient (Wildman–Crippen LogP) is 3.21. The molecule has 1 saturated heterocycles. The Morgan fingerprint density at radius 3 is 2.57 bits per heavy atom. The van der Waals surface area contributed by atoms with Crippen LogP contribution >= 0.6 is 47.2 Å². The lowest BCUT2D eigenvalue weighted by molar-refractivity contribution is 0.372. The summed E-state index contributed by atoms with van der Waals surface area (Å²) in [7, 11) is 1.80. The zero-order valence-corrected chi connectivity index (χ0v) is 19.4. The van der Waals surface area contributed by atoms with Gasteiger partial charge in [-0.2, -0.15) is 0 Å². The summed E-state index contributed by atoms with van der Waals surface area (Å²) in [6, 6.07) is 7.67. The van der Waals surface area contributed by atoms with Gasteiger partial charge in [0.15, 0.2) is 5.96 Å². The largest absolute Gasteiger partial charge is 0.367 e. The second kappa shape index (κ2) is 11.5. The molecule has 0 bridgehead atoms. The van der Waals surface area contributed by atoms with Gasteiger partial charge in [-0.15, -0.1) is 24.0 Å². The normalized spacial score (nSPS) is 14.5. The Morgan fingerprint density at radius 2 is 1.93 bits per heavy atom. The van der Waals surface area contributed by atoms with Crippen molar-refractivity contribution in [3.63, 3.8) is 0 Å². The number of hydrogen-bond acceptors (Lipinski definition) is 5. The number of aliphatic imine (C=N–C) groups is 1. The SMILES string of the molecule is CN=C(NCCNc1ncc(Cl)cc1Cl)N1CCN(c2ccccn2)CC1.I. The molecular weight excluding hydrogens is 512 g/mol. The van der Waals surface area contributed by atoms with E-state index in [0.717, 1.165) is 38.0 Å². The number of pyridine rings is 2. The Morgan fingerprint density at radius 1 is 1.14 bits per heavy atom. The monoisotopic (exact) mass is 535 g/mol. The molecule has 0 atom stereocenters. The molecule has 3 rings (SSSR count). The molecule has 0 spiro atoms. The lowest BCUT2D eigenvalue weighted by Crippen LogP contribution is -2.53. The average molecular weight is 536 g/mol. The van der Waals surface area contributed by atoms with Crippen LogP contribution in [0.15, 0.2) is 41.7 Å². The number of nitrogens with zero attached hydrogens (tertiary/aromatic N) is 5. The van der Waals surface area contributed by atoms with Gasteiger partial charge in [-0.3, -0.25) is 4.99 Å². The lowest BCUT2D eigenvalue weighted by Gasteiger charge is -2.37. The summed E-state index contributed by atoms with van der Waals surface area (Å²) >= 11 is 12.0. The second-order valence-corrected chi connectivity index (χ2v) is 6.89. The number of aromatic nitrogens is 2. The van der Waals surface area contributed by atoms with Crippen LogP contribution in [-0.2, 0) is 0 Å². The van der Waals surface area contributed by atoms with E-state index in [1.54, 1.807) is 19.3 Å². The zero-order valence-electron chi connectivity index (χ0n) is 15.6. The summed E-state index contributed by atoms with van der Waals surface area (Å²) < 4.78 is 0. The summed E-state index contributed by atoms with van der Waals surface area (Å²) in [5.74, 6) is 2.55. The van der Waals surface area contributed by atoms with Gasteiger partial charge in [0.1, 0.15) is 11.6 Å². The fraction of sp³-hybridized carbons (Fsp3) is 0.389. The van der Waals surface area contributed by atoms with Gasteiger partial charge in [0.05, 0.1) is 10.0 Å². The third kappa shape index (κ3) is 6.25. The number of hydrogen-bond donors (Lipinski definition) is 2. The maximum absolute atomic E-state index is 6.11. The summed E-state index contributed by atoms with van der Waals surface area (Å²) in [5, 5.41) is 7.61. The van der Waals surface area contributed by atoms with Crippen molar-refractivity contribution in [3.05, 3.63) is 46.7 Å². The van der Waals surface area contributed by atoms with E-state index in [9.17, 15) is 0 Å². The predicted molar refractivity (Wildman–Crippen MR) is 128 cm³/mol. The van der Waals surface area contributed by atoms with Crippen LogP contribution < -0.4 is 15.5 Å². The molecule has 1 fully saturated rings. The number of rotatable bonds is 5. The number of halogens is 3. The molecule has 2 N–H and O–H groups in total. The van der Waals surface area contributed by atoms with E-state index in [1.807, 2.05) is 24.4 Å². The Labute approximate surface area is 192 Å². The molecule has 7 nitrogen and oxygen atoms in total. The third-order valence-electron chi connectivity index (χ3n) is 4.27. The van der Waals surface area contributed by atoms with Crippen molar-refractivity contribution in [2.75, 3.05) is 56.5 Å². The van der Waals surface area contributed by atoms with Crippen molar-refractivity contribution in [1.82, 2.24) is 20.2 Å². The van der Waals surface area contributed by atoms with Gasteiger partial charge in [0.25, 0.3) is 0 Å². The van der Waals surface area contributed by atoms with Gasteiger partial charge in [-0.1, -0.05) is 29.3 Å². The minimum atomic E-state index is 0. The molecule has 10 heteroatoms. The molecule has 152 valence electrons. The van der Waals surface area contributed by atoms with Crippen LogP contribution in [0.3, 0.4) is 0 Å². The van der Waals surface area contributed by atoms with Crippen molar-refractivity contribution < 1.29 is 0 Å². The Hall–Kier alpha value is -1.52. The molecule has 0 aliphatic carbocycles. The molecule has 0 radical (unpaired) electrons. The maximum Gasteiger partial charge on any atom is 0.193 e. The first kappa shape index (κ1) is 22.8. The first-order valence-electron chi connectivity index (χ1n) is 8.84. The van der Waals surface area contributed by atoms with Crippen molar-refractivity contribution in [2.24, 2.45) is 4.99 Å². The van der Waals surface area contributed by atoms with Crippen LogP contribution in [0.1, 0.15) is 0 Å². The molecule has 28 heavy (non-hydrogen) atoms. The van der Waals surface area contributed by atoms with E-state index in [4.69, 9.17) is 23.2 Å². The number of nitrogens with one attached hydrogen (secondary N) is 2. The highest BCUT2D eigenvalue weighted by Gasteiger charge is 2.20. The van der Waals surface area contributed by atoms with Gasteiger partial charge < -0.3 is 20.4 Å². The van der Waals surface area contributed by atoms with Gasteiger partial charge in [0, 0.05) is 58.7 Å². The van der Waals surface area contributed by atoms with Crippen molar-refractivity contribution in [1.29, 1.82) is 0 Å². The van der Waals surface area contributed by atoms with Crippen molar-refractivity contribution in [3.8, 4) is 0 Å². The van der Waals surface area contributed by atoms with E-state index in [0.29, 0.717) is 29.0 Å². The Kier molecular flexibility index (Phi) is 9.33. The number of anilines is 2. The molecule has 0 saturated carbocycles. The fourth-order valence-electron chi connectivity index (χ4n) is 2.92. The fourth-order valence-corrected chi connectivity index (χ4v) is 3.37. The van der Waals surface area contributed by atoms with E-state index in [1.165, 1.54) is 0 Å². The standard InChI is InChI=1S/C18H23Cl2N7.HI/c1-21-18(24-7-6-23-17-15(20)12-14(19)13-25-17)27-10-8-26(9-11-27)16-4-2-3-5-22-16;/h2-5,12-13H,6-11H2,1H3,(H,21,24)(H,23,25);1H. The molecule has 1 aliphatic rings. The van der Waals surface area contributed by atoms with Crippen LogP contribution in [0, 0.1) is 0 Å². The van der Waals surface area contributed by atoms with Crippen LogP contribution in [0.5, 0.6) is 0 Å². The Bertz CT molecular complexity index is 768. The van der Waals surface area contributed by atoms with E-state index in [2.05, 4.69) is 35.4 Å². The number of guanidine groups is 1. The molecule has 0 unspecified atom stereocenters. The Balaban J connectivity index is 0.00000280. The minimum Gasteiger partial charge on any atom is -0.367 e. The van der Waals surface area contributed by atoms with E-state index < -0.39 is 0 Å². The van der Waals surface area contributed by atoms with E-state index in [-0.39, 0.29) is 24.0 Å². The molecule has 2 aromatic rings. The zero-order chi connectivity index (χ0) is 19.1. The molecule has 3 heterocycles. The third-order valence-corrected chi connectivity index (χ3v) is 4.77. The minimum absolute atomic E-state index is 0. The second-order valence-electron chi connectivity index (χ2n) is 6.05. The highest BCUT2D eigenvalue weighted by Crippen LogP contribution is 2.22. The highest BCUT2D eigenvalue weighted by atomic mass is 127. The summed E-state index contributed by atoms with van der Waals surface area (Å²) in [5.41, 5.74) is 0. The van der Waals surface area contributed by atoms with Crippen LogP contribution in [-0.4, -0.2) is 67.1 Å². The molecule has 1 aliphatic heterocycles. The number of piperazine rings is 1. The summed E-state index contributed by atoms with van der Waals surface area (Å²) in [6.45, 7) is 5.00. The van der Waals surface area contributed by atoms with Crippen molar-refractivity contribution in [2.45, 2.75) is 0 Å². The van der Waals surface area contributed by atoms with Gasteiger partial charge >= 0.3 is 0 Å².